The fourth-order valence-corrected chi connectivity index (χ4v) is 4.07. The molecule has 4 rings (SSSR count). The molecule has 2 fully saturated rings. The Morgan fingerprint density at radius 2 is 1.93 bits per heavy atom. The predicted octanol–water partition coefficient (Wildman–Crippen LogP) is 3.07. The number of urea groups is 1. The van der Waals surface area contributed by atoms with Gasteiger partial charge in [0.25, 0.3) is 0 Å². The fraction of sp³-hybridized carbons (Fsp3) is 0.545. The number of carbonyl (C=O) groups is 1. The summed E-state index contributed by atoms with van der Waals surface area (Å²) in [6, 6.07) is 11.4. The summed E-state index contributed by atoms with van der Waals surface area (Å²) >= 11 is 0. The minimum absolute atomic E-state index is 0.0500. The van der Waals surface area contributed by atoms with Crippen molar-refractivity contribution in [2.75, 3.05) is 26.7 Å². The molecule has 1 aromatic heterocycles. The number of benzene rings is 1. The van der Waals surface area contributed by atoms with Gasteiger partial charge in [-0.2, -0.15) is 0 Å². The third kappa shape index (κ3) is 4.73. The van der Waals surface area contributed by atoms with Gasteiger partial charge in [-0.05, 0) is 57.8 Å². The maximum atomic E-state index is 13.1. The van der Waals surface area contributed by atoms with E-state index in [9.17, 15) is 4.79 Å². The molecule has 28 heavy (non-hydrogen) atoms. The number of nitrogens with zero attached hydrogens (tertiary/aromatic N) is 4. The van der Waals surface area contributed by atoms with Gasteiger partial charge in [-0.15, -0.1) is 0 Å². The van der Waals surface area contributed by atoms with Crippen LogP contribution in [0.1, 0.15) is 43.0 Å². The molecule has 0 radical (unpaired) electrons. The number of imidazole rings is 1. The highest BCUT2D eigenvalue weighted by atomic mass is 16.2. The van der Waals surface area contributed by atoms with Crippen LogP contribution in [0.3, 0.4) is 0 Å². The number of hydrogen-bond acceptors (Lipinski definition) is 3. The first-order valence-corrected chi connectivity index (χ1v) is 10.5. The van der Waals surface area contributed by atoms with Crippen LogP contribution < -0.4 is 5.32 Å². The van der Waals surface area contributed by atoms with Crippen molar-refractivity contribution in [2.24, 2.45) is 0 Å². The molecule has 1 saturated carbocycles. The van der Waals surface area contributed by atoms with Crippen molar-refractivity contribution < 1.29 is 4.79 Å². The summed E-state index contributed by atoms with van der Waals surface area (Å²) in [5, 5.41) is 3.17. The molecule has 1 aromatic carbocycles. The van der Waals surface area contributed by atoms with Gasteiger partial charge in [0.1, 0.15) is 0 Å². The average molecular weight is 382 g/mol. The minimum atomic E-state index is 0.0500. The summed E-state index contributed by atoms with van der Waals surface area (Å²) in [4.78, 5) is 21.8. The quantitative estimate of drug-likeness (QED) is 0.802. The highest BCUT2D eigenvalue weighted by Crippen LogP contribution is 2.35. The standard InChI is InChI=1S/C22H31N5O/c1-25-12-10-20(11-13-25)26(14-9-18-5-3-2-4-6-18)22(28)24-16-21-15-23-17-27(21)19-7-8-19/h2-6,15,17,19-20H,7-14,16H2,1H3,(H,24,28). The van der Waals surface area contributed by atoms with Gasteiger partial charge in [0.05, 0.1) is 18.6 Å². The second kappa shape index (κ2) is 8.78. The lowest BCUT2D eigenvalue weighted by molar-refractivity contribution is 0.132. The fourth-order valence-electron chi connectivity index (χ4n) is 4.07. The number of likely N-dealkylation sites (tertiary alicyclic amines) is 1. The van der Waals surface area contributed by atoms with Crippen molar-refractivity contribution in [1.29, 1.82) is 0 Å². The average Bonchev–Trinajstić information content (AvgIpc) is 3.46. The minimum Gasteiger partial charge on any atom is -0.332 e. The van der Waals surface area contributed by atoms with Crippen LogP contribution in [0, 0.1) is 0 Å². The van der Waals surface area contributed by atoms with E-state index in [2.05, 4.69) is 56.0 Å². The number of nitrogens with one attached hydrogen (secondary N) is 1. The molecular formula is C22H31N5O. The van der Waals surface area contributed by atoms with Gasteiger partial charge >= 0.3 is 6.03 Å². The molecule has 6 heteroatoms. The molecule has 0 bridgehead atoms. The number of carbonyl (C=O) groups excluding carboxylic acids is 1. The monoisotopic (exact) mass is 381 g/mol. The van der Waals surface area contributed by atoms with Crippen LogP contribution in [0.15, 0.2) is 42.9 Å². The van der Waals surface area contributed by atoms with Crippen molar-refractivity contribution >= 4 is 6.03 Å². The molecule has 0 atom stereocenters. The summed E-state index contributed by atoms with van der Waals surface area (Å²) in [5.74, 6) is 0. The first-order chi connectivity index (χ1) is 13.7. The van der Waals surface area contributed by atoms with Crippen molar-refractivity contribution in [3.63, 3.8) is 0 Å². The molecule has 2 amide bonds. The van der Waals surface area contributed by atoms with E-state index in [0.29, 0.717) is 18.6 Å². The van der Waals surface area contributed by atoms with Crippen molar-refractivity contribution in [3.05, 3.63) is 54.1 Å². The zero-order chi connectivity index (χ0) is 19.3. The smallest absolute Gasteiger partial charge is 0.317 e. The zero-order valence-electron chi connectivity index (χ0n) is 16.8. The second-order valence-corrected chi connectivity index (χ2v) is 8.15. The lowest BCUT2D eigenvalue weighted by Crippen LogP contribution is -2.50. The zero-order valence-corrected chi connectivity index (χ0v) is 16.8. The highest BCUT2D eigenvalue weighted by Gasteiger charge is 2.28. The molecule has 150 valence electrons. The summed E-state index contributed by atoms with van der Waals surface area (Å²) in [6.45, 7) is 3.40. The van der Waals surface area contributed by atoms with Crippen molar-refractivity contribution in [1.82, 2.24) is 24.7 Å². The van der Waals surface area contributed by atoms with E-state index in [-0.39, 0.29) is 6.03 Å². The Kier molecular flexibility index (Phi) is 5.95. The van der Waals surface area contributed by atoms with Gasteiger partial charge < -0.3 is 19.7 Å². The van der Waals surface area contributed by atoms with Gasteiger partial charge in [-0.25, -0.2) is 9.78 Å². The van der Waals surface area contributed by atoms with E-state index < -0.39 is 0 Å². The molecule has 0 unspecified atom stereocenters. The number of amides is 2. The van der Waals surface area contributed by atoms with E-state index in [0.717, 1.165) is 44.6 Å². The van der Waals surface area contributed by atoms with Crippen LogP contribution in [0.4, 0.5) is 4.79 Å². The van der Waals surface area contributed by atoms with Crippen LogP contribution >= 0.6 is 0 Å². The molecule has 2 aromatic rings. The summed E-state index contributed by atoms with van der Waals surface area (Å²) in [7, 11) is 2.16. The van der Waals surface area contributed by atoms with Crippen molar-refractivity contribution in [3.8, 4) is 0 Å². The molecule has 6 nitrogen and oxygen atoms in total. The second-order valence-electron chi connectivity index (χ2n) is 8.15. The SMILES string of the molecule is CN1CCC(N(CCc2ccccc2)C(=O)NCc2cncn2C2CC2)CC1. The summed E-state index contributed by atoms with van der Waals surface area (Å²) < 4.78 is 2.21. The molecule has 0 spiro atoms. The summed E-state index contributed by atoms with van der Waals surface area (Å²) in [5.41, 5.74) is 2.38. The van der Waals surface area contributed by atoms with E-state index in [1.54, 1.807) is 0 Å². The topological polar surface area (TPSA) is 53.4 Å². The van der Waals surface area contributed by atoms with Crippen LogP contribution in [-0.4, -0.2) is 58.1 Å². The van der Waals surface area contributed by atoms with Crippen molar-refractivity contribution in [2.45, 2.75) is 50.7 Å². The highest BCUT2D eigenvalue weighted by molar-refractivity contribution is 5.74. The van der Waals surface area contributed by atoms with Gasteiger partial charge in [0, 0.05) is 24.8 Å². The van der Waals surface area contributed by atoms with Gasteiger partial charge in [-0.3, -0.25) is 0 Å². The number of rotatable bonds is 7. The van der Waals surface area contributed by atoms with Crippen LogP contribution in [-0.2, 0) is 13.0 Å². The normalized spacial score (nSPS) is 18.2. The summed E-state index contributed by atoms with van der Waals surface area (Å²) in [6.07, 6.45) is 9.18. The Morgan fingerprint density at radius 1 is 1.18 bits per heavy atom. The molecule has 2 aliphatic rings. The molecular weight excluding hydrogens is 350 g/mol. The third-order valence-electron chi connectivity index (χ3n) is 5.98. The van der Waals surface area contributed by atoms with Gasteiger partial charge in [-0.1, -0.05) is 30.3 Å². The molecule has 1 saturated heterocycles. The number of hydrogen-bond donors (Lipinski definition) is 1. The third-order valence-corrected chi connectivity index (χ3v) is 5.98. The molecule has 1 N–H and O–H groups in total. The van der Waals surface area contributed by atoms with Crippen LogP contribution in [0.2, 0.25) is 0 Å². The maximum Gasteiger partial charge on any atom is 0.317 e. The van der Waals surface area contributed by atoms with E-state index >= 15 is 0 Å². The molecule has 1 aliphatic heterocycles. The Bertz CT molecular complexity index is 762. The van der Waals surface area contributed by atoms with E-state index in [1.807, 2.05) is 18.6 Å². The molecule has 1 aliphatic carbocycles. The first-order valence-electron chi connectivity index (χ1n) is 10.5. The Balaban J connectivity index is 1.39. The Labute approximate surface area is 167 Å². The largest absolute Gasteiger partial charge is 0.332 e. The lowest BCUT2D eigenvalue weighted by atomic mass is 10.0. The Hall–Kier alpha value is -2.34. The first kappa shape index (κ1) is 19.0. The van der Waals surface area contributed by atoms with Crippen LogP contribution in [0.25, 0.3) is 0 Å². The predicted molar refractivity (Wildman–Crippen MR) is 110 cm³/mol. The number of aromatic nitrogens is 2. The van der Waals surface area contributed by atoms with E-state index in [4.69, 9.17) is 0 Å². The number of piperidine rings is 1. The lowest BCUT2D eigenvalue weighted by Gasteiger charge is -2.37. The molecule has 2 heterocycles. The van der Waals surface area contributed by atoms with Gasteiger partial charge in [0.15, 0.2) is 0 Å². The Morgan fingerprint density at radius 3 is 2.64 bits per heavy atom. The van der Waals surface area contributed by atoms with Crippen LogP contribution in [0.5, 0.6) is 0 Å². The van der Waals surface area contributed by atoms with Gasteiger partial charge in [0.2, 0.25) is 0 Å². The maximum absolute atomic E-state index is 13.1. The van der Waals surface area contributed by atoms with E-state index in [1.165, 1.54) is 18.4 Å².